The number of hydrogen-bond donors (Lipinski definition) is 1. The molecule has 0 fully saturated rings. The molecule has 2 rings (SSSR count). The van der Waals surface area contributed by atoms with Crippen LogP contribution in [0.1, 0.15) is 5.56 Å². The van der Waals surface area contributed by atoms with Crippen LogP contribution in [0.4, 0.5) is 17.3 Å². The SMILES string of the molecule is CN(C)c1ccc(C=Nc2nonc2N)cc1. The second-order valence-electron chi connectivity index (χ2n) is 3.72. The first kappa shape index (κ1) is 11.1. The van der Waals surface area contributed by atoms with E-state index in [1.165, 1.54) is 0 Å². The number of aliphatic imine (C=N–C) groups is 1. The Labute approximate surface area is 98.7 Å². The van der Waals surface area contributed by atoms with Gasteiger partial charge in [-0.15, -0.1) is 0 Å². The van der Waals surface area contributed by atoms with Crippen molar-refractivity contribution in [2.45, 2.75) is 0 Å². The molecule has 2 N–H and O–H groups in total. The first-order valence-corrected chi connectivity index (χ1v) is 5.06. The maximum Gasteiger partial charge on any atom is 0.240 e. The molecule has 6 heteroatoms. The fourth-order valence-corrected chi connectivity index (χ4v) is 1.27. The highest BCUT2D eigenvalue weighted by Gasteiger charge is 2.02. The minimum atomic E-state index is 0.186. The van der Waals surface area contributed by atoms with E-state index in [1.54, 1.807) is 6.21 Å². The van der Waals surface area contributed by atoms with Gasteiger partial charge in [-0.2, -0.15) is 0 Å². The van der Waals surface area contributed by atoms with Crippen LogP contribution in [-0.4, -0.2) is 30.6 Å². The van der Waals surface area contributed by atoms with Crippen molar-refractivity contribution in [2.24, 2.45) is 4.99 Å². The molecule has 1 aromatic carbocycles. The van der Waals surface area contributed by atoms with Crippen molar-refractivity contribution in [2.75, 3.05) is 24.7 Å². The lowest BCUT2D eigenvalue weighted by Gasteiger charge is -2.11. The van der Waals surface area contributed by atoms with Gasteiger partial charge in [0.1, 0.15) is 0 Å². The zero-order chi connectivity index (χ0) is 12.3. The molecule has 0 aliphatic carbocycles. The summed E-state index contributed by atoms with van der Waals surface area (Å²) in [6, 6.07) is 7.93. The average Bonchev–Trinajstić information content (AvgIpc) is 2.73. The van der Waals surface area contributed by atoms with Crippen LogP contribution in [0.5, 0.6) is 0 Å². The third-order valence-corrected chi connectivity index (χ3v) is 2.24. The molecular weight excluding hydrogens is 218 g/mol. The third-order valence-electron chi connectivity index (χ3n) is 2.24. The monoisotopic (exact) mass is 231 g/mol. The molecule has 88 valence electrons. The number of benzene rings is 1. The predicted octanol–water partition coefficient (Wildman–Crippen LogP) is 1.47. The molecule has 0 aliphatic rings. The van der Waals surface area contributed by atoms with Crippen molar-refractivity contribution in [1.82, 2.24) is 10.3 Å². The Kier molecular flexibility index (Phi) is 3.04. The molecule has 0 unspecified atom stereocenters. The maximum atomic E-state index is 5.48. The second kappa shape index (κ2) is 4.65. The average molecular weight is 231 g/mol. The number of hydrogen-bond acceptors (Lipinski definition) is 6. The van der Waals surface area contributed by atoms with E-state index in [-0.39, 0.29) is 5.82 Å². The van der Waals surface area contributed by atoms with Crippen LogP contribution in [0, 0.1) is 0 Å². The van der Waals surface area contributed by atoms with Crippen molar-refractivity contribution in [3.8, 4) is 0 Å². The number of nitrogens with two attached hydrogens (primary N) is 1. The summed E-state index contributed by atoms with van der Waals surface area (Å²) in [5, 5.41) is 7.00. The number of rotatable bonds is 3. The van der Waals surface area contributed by atoms with Gasteiger partial charge in [0.25, 0.3) is 0 Å². The van der Waals surface area contributed by atoms with Gasteiger partial charge in [-0.1, -0.05) is 12.1 Å². The number of aromatic nitrogens is 2. The number of nitrogen functional groups attached to an aromatic ring is 1. The van der Waals surface area contributed by atoms with Crippen molar-refractivity contribution in [3.63, 3.8) is 0 Å². The second-order valence-corrected chi connectivity index (χ2v) is 3.72. The van der Waals surface area contributed by atoms with Gasteiger partial charge in [0.2, 0.25) is 11.6 Å². The zero-order valence-corrected chi connectivity index (χ0v) is 9.66. The van der Waals surface area contributed by atoms with Crippen LogP contribution in [0.15, 0.2) is 33.9 Å². The highest BCUT2D eigenvalue weighted by Crippen LogP contribution is 2.15. The van der Waals surface area contributed by atoms with E-state index in [4.69, 9.17) is 5.73 Å². The van der Waals surface area contributed by atoms with Crippen LogP contribution in [0.25, 0.3) is 0 Å². The maximum absolute atomic E-state index is 5.48. The van der Waals surface area contributed by atoms with Crippen LogP contribution in [0.3, 0.4) is 0 Å². The summed E-state index contributed by atoms with van der Waals surface area (Å²) in [4.78, 5) is 6.11. The van der Waals surface area contributed by atoms with Crippen molar-refractivity contribution in [1.29, 1.82) is 0 Å². The molecule has 1 heterocycles. The molecule has 6 nitrogen and oxygen atoms in total. The van der Waals surface area contributed by atoms with Gasteiger partial charge < -0.3 is 10.6 Å². The molecule has 0 radical (unpaired) electrons. The molecule has 0 spiro atoms. The first-order valence-electron chi connectivity index (χ1n) is 5.06. The molecule has 1 aromatic heterocycles. The van der Waals surface area contributed by atoms with Gasteiger partial charge in [-0.05, 0) is 28.0 Å². The van der Waals surface area contributed by atoms with Crippen molar-refractivity contribution in [3.05, 3.63) is 29.8 Å². The summed E-state index contributed by atoms with van der Waals surface area (Å²) in [6.45, 7) is 0. The summed E-state index contributed by atoms with van der Waals surface area (Å²) in [7, 11) is 3.98. The smallest absolute Gasteiger partial charge is 0.240 e. The predicted molar refractivity (Wildman–Crippen MR) is 66.7 cm³/mol. The van der Waals surface area contributed by atoms with Gasteiger partial charge in [0.15, 0.2) is 0 Å². The van der Waals surface area contributed by atoms with Crippen molar-refractivity contribution >= 4 is 23.5 Å². The lowest BCUT2D eigenvalue weighted by Crippen LogP contribution is -2.08. The fraction of sp³-hybridized carbons (Fsp3) is 0.182. The minimum absolute atomic E-state index is 0.186. The Morgan fingerprint density at radius 2 is 1.94 bits per heavy atom. The highest BCUT2D eigenvalue weighted by atomic mass is 16.6. The summed E-state index contributed by atoms with van der Waals surface area (Å²) in [6.07, 6.45) is 1.66. The fourth-order valence-electron chi connectivity index (χ4n) is 1.27. The Morgan fingerprint density at radius 1 is 1.24 bits per heavy atom. The van der Waals surface area contributed by atoms with Crippen molar-refractivity contribution < 1.29 is 4.63 Å². The standard InChI is InChI=1S/C11H13N5O/c1-16(2)9-5-3-8(4-6-9)7-13-11-10(12)14-17-15-11/h3-7H,1-2H3,(H2,12,14). The van der Waals surface area contributed by atoms with E-state index in [0.29, 0.717) is 5.82 Å². The molecule has 0 amide bonds. The Hall–Kier alpha value is -2.37. The third kappa shape index (κ3) is 2.60. The van der Waals surface area contributed by atoms with Gasteiger partial charge in [-0.25, -0.2) is 9.62 Å². The van der Waals surface area contributed by atoms with E-state index in [9.17, 15) is 0 Å². The normalized spacial score (nSPS) is 10.9. The quantitative estimate of drug-likeness (QED) is 0.809. The Balaban J connectivity index is 2.14. The summed E-state index contributed by atoms with van der Waals surface area (Å²) in [5.74, 6) is 0.479. The van der Waals surface area contributed by atoms with E-state index >= 15 is 0 Å². The minimum Gasteiger partial charge on any atom is -0.378 e. The van der Waals surface area contributed by atoms with Crippen LogP contribution in [0.2, 0.25) is 0 Å². The summed E-state index contributed by atoms with van der Waals surface area (Å²) in [5.41, 5.74) is 7.57. The Morgan fingerprint density at radius 3 is 2.47 bits per heavy atom. The van der Waals surface area contributed by atoms with Gasteiger partial charge in [0.05, 0.1) is 0 Å². The summed E-state index contributed by atoms with van der Waals surface area (Å²) < 4.78 is 4.44. The molecule has 0 atom stereocenters. The van der Waals surface area contributed by atoms with Crippen LogP contribution in [-0.2, 0) is 0 Å². The molecular formula is C11H13N5O. The lowest BCUT2D eigenvalue weighted by molar-refractivity contribution is 0.310. The molecule has 0 saturated carbocycles. The van der Waals surface area contributed by atoms with E-state index in [0.717, 1.165) is 11.3 Å². The summed E-state index contributed by atoms with van der Waals surface area (Å²) >= 11 is 0. The van der Waals surface area contributed by atoms with Gasteiger partial charge in [0, 0.05) is 26.0 Å². The lowest BCUT2D eigenvalue weighted by atomic mass is 10.2. The molecule has 2 aromatic rings. The highest BCUT2D eigenvalue weighted by molar-refractivity contribution is 5.83. The van der Waals surface area contributed by atoms with Gasteiger partial charge in [-0.3, -0.25) is 0 Å². The molecule has 0 saturated heterocycles. The molecule has 0 aliphatic heterocycles. The molecule has 0 bridgehead atoms. The zero-order valence-electron chi connectivity index (χ0n) is 9.66. The largest absolute Gasteiger partial charge is 0.378 e. The first-order chi connectivity index (χ1) is 8.16. The van der Waals surface area contributed by atoms with Gasteiger partial charge >= 0.3 is 0 Å². The number of anilines is 2. The van der Waals surface area contributed by atoms with E-state index in [2.05, 4.69) is 19.9 Å². The van der Waals surface area contributed by atoms with E-state index < -0.39 is 0 Å². The topological polar surface area (TPSA) is 80.5 Å². The Bertz CT molecular complexity index is 515. The van der Waals surface area contributed by atoms with E-state index in [1.807, 2.05) is 43.3 Å². The molecule has 17 heavy (non-hydrogen) atoms. The van der Waals surface area contributed by atoms with Crippen LogP contribution < -0.4 is 10.6 Å². The van der Waals surface area contributed by atoms with Crippen LogP contribution >= 0.6 is 0 Å². The number of nitrogens with zero attached hydrogens (tertiary/aromatic N) is 4.